The Hall–Kier alpha value is -0.830. The summed E-state index contributed by atoms with van der Waals surface area (Å²) in [6.07, 6.45) is 7.98. The van der Waals surface area contributed by atoms with Crippen LogP contribution in [0.5, 0.6) is 0 Å². The minimum Gasteiger partial charge on any atom is -0.466 e. The summed E-state index contributed by atoms with van der Waals surface area (Å²) in [5.41, 5.74) is 1.33. The standard InChI is InChI=1S/C14H25NO2/c1-4-7-14(8-9-14)11-15-10-6-12(5-2)13(16)17-3/h6,15H,4-5,7-11H2,1-3H3/b12-6-. The quantitative estimate of drug-likeness (QED) is 0.402. The fourth-order valence-corrected chi connectivity index (χ4v) is 2.26. The van der Waals surface area contributed by atoms with Crippen LogP contribution in [0.1, 0.15) is 46.0 Å². The van der Waals surface area contributed by atoms with Crippen LogP contribution >= 0.6 is 0 Å². The van der Waals surface area contributed by atoms with Crippen LogP contribution in [0.3, 0.4) is 0 Å². The molecule has 0 unspecified atom stereocenters. The minimum atomic E-state index is -0.205. The number of carbonyl (C=O) groups excluding carboxylic acids is 1. The molecule has 3 heteroatoms. The number of carbonyl (C=O) groups is 1. The van der Waals surface area contributed by atoms with Crippen LogP contribution in [0.25, 0.3) is 0 Å². The van der Waals surface area contributed by atoms with Crippen molar-refractivity contribution in [3.05, 3.63) is 11.6 Å². The van der Waals surface area contributed by atoms with Crippen molar-refractivity contribution in [2.75, 3.05) is 20.2 Å². The summed E-state index contributed by atoms with van der Waals surface area (Å²) in [7, 11) is 1.43. The highest BCUT2D eigenvalue weighted by Gasteiger charge is 2.40. The van der Waals surface area contributed by atoms with E-state index in [2.05, 4.69) is 12.2 Å². The van der Waals surface area contributed by atoms with Crippen molar-refractivity contribution >= 4 is 5.97 Å². The molecule has 0 radical (unpaired) electrons. The fraction of sp³-hybridized carbons (Fsp3) is 0.786. The molecular formula is C14H25NO2. The second-order valence-corrected chi connectivity index (χ2v) is 4.96. The maximum Gasteiger partial charge on any atom is 0.333 e. The Bertz CT molecular complexity index is 280. The smallest absolute Gasteiger partial charge is 0.333 e. The van der Waals surface area contributed by atoms with E-state index in [9.17, 15) is 4.79 Å². The normalized spacial score (nSPS) is 17.9. The van der Waals surface area contributed by atoms with Crippen LogP contribution in [0, 0.1) is 5.41 Å². The van der Waals surface area contributed by atoms with Crippen molar-refractivity contribution in [3.8, 4) is 0 Å². The number of hydrogen-bond donors (Lipinski definition) is 1. The first-order valence-electron chi connectivity index (χ1n) is 6.65. The number of rotatable bonds is 8. The van der Waals surface area contributed by atoms with Gasteiger partial charge in [0.2, 0.25) is 0 Å². The van der Waals surface area contributed by atoms with Gasteiger partial charge < -0.3 is 10.1 Å². The van der Waals surface area contributed by atoms with Crippen LogP contribution in [-0.4, -0.2) is 26.2 Å². The first kappa shape index (κ1) is 14.2. The highest BCUT2D eigenvalue weighted by atomic mass is 16.5. The van der Waals surface area contributed by atoms with Crippen molar-refractivity contribution in [3.63, 3.8) is 0 Å². The maximum absolute atomic E-state index is 11.3. The van der Waals surface area contributed by atoms with Crippen LogP contribution in [0.15, 0.2) is 11.6 Å². The molecule has 3 nitrogen and oxygen atoms in total. The molecule has 1 aliphatic rings. The Morgan fingerprint density at radius 3 is 2.59 bits per heavy atom. The zero-order chi connectivity index (χ0) is 12.7. The highest BCUT2D eigenvalue weighted by Crippen LogP contribution is 2.48. The molecule has 1 saturated carbocycles. The van der Waals surface area contributed by atoms with Gasteiger partial charge in [-0.25, -0.2) is 4.79 Å². The summed E-state index contributed by atoms with van der Waals surface area (Å²) in [6.45, 7) is 6.06. The molecule has 0 aromatic rings. The van der Waals surface area contributed by atoms with E-state index in [4.69, 9.17) is 4.74 Å². The molecule has 1 aliphatic carbocycles. The molecule has 0 amide bonds. The Morgan fingerprint density at radius 1 is 1.41 bits per heavy atom. The number of hydrogen-bond acceptors (Lipinski definition) is 3. The Balaban J connectivity index is 2.26. The number of ether oxygens (including phenoxy) is 1. The Morgan fingerprint density at radius 2 is 2.12 bits per heavy atom. The van der Waals surface area contributed by atoms with Gasteiger partial charge in [-0.1, -0.05) is 26.3 Å². The first-order valence-corrected chi connectivity index (χ1v) is 6.65. The van der Waals surface area contributed by atoms with E-state index in [1.165, 1.54) is 32.8 Å². The van der Waals surface area contributed by atoms with Gasteiger partial charge in [-0.05, 0) is 31.1 Å². The predicted octanol–water partition coefficient (Wildman–Crippen LogP) is 2.67. The van der Waals surface area contributed by atoms with Gasteiger partial charge in [0.1, 0.15) is 0 Å². The van der Waals surface area contributed by atoms with Crippen molar-refractivity contribution in [1.82, 2.24) is 5.32 Å². The van der Waals surface area contributed by atoms with Gasteiger partial charge in [0.15, 0.2) is 0 Å². The molecule has 0 aromatic heterocycles. The lowest BCUT2D eigenvalue weighted by atomic mass is 10.0. The lowest BCUT2D eigenvalue weighted by Crippen LogP contribution is -2.24. The van der Waals surface area contributed by atoms with Gasteiger partial charge in [-0.2, -0.15) is 0 Å². The average Bonchev–Trinajstić information content (AvgIpc) is 3.09. The van der Waals surface area contributed by atoms with Crippen LogP contribution in [0.2, 0.25) is 0 Å². The molecule has 1 N–H and O–H groups in total. The molecule has 0 bridgehead atoms. The fourth-order valence-electron chi connectivity index (χ4n) is 2.26. The number of methoxy groups -OCH3 is 1. The average molecular weight is 239 g/mol. The van der Waals surface area contributed by atoms with Crippen molar-refractivity contribution in [1.29, 1.82) is 0 Å². The topological polar surface area (TPSA) is 38.3 Å². The summed E-state index contributed by atoms with van der Waals surface area (Å²) < 4.78 is 4.72. The van der Waals surface area contributed by atoms with Crippen molar-refractivity contribution in [2.45, 2.75) is 46.0 Å². The first-order chi connectivity index (χ1) is 8.17. The van der Waals surface area contributed by atoms with Crippen LogP contribution in [-0.2, 0) is 9.53 Å². The maximum atomic E-state index is 11.3. The predicted molar refractivity (Wildman–Crippen MR) is 69.8 cm³/mol. The van der Waals surface area contributed by atoms with Gasteiger partial charge in [0.05, 0.1) is 7.11 Å². The lowest BCUT2D eigenvalue weighted by molar-refractivity contribution is -0.136. The molecule has 0 aliphatic heterocycles. The van der Waals surface area contributed by atoms with Gasteiger partial charge in [-0.15, -0.1) is 0 Å². The molecule has 1 rings (SSSR count). The van der Waals surface area contributed by atoms with E-state index in [-0.39, 0.29) is 5.97 Å². The van der Waals surface area contributed by atoms with Crippen molar-refractivity contribution < 1.29 is 9.53 Å². The summed E-state index contributed by atoms with van der Waals surface area (Å²) >= 11 is 0. The van der Waals surface area contributed by atoms with E-state index in [0.717, 1.165) is 25.1 Å². The largest absolute Gasteiger partial charge is 0.466 e. The number of esters is 1. The number of nitrogens with one attached hydrogen (secondary N) is 1. The molecular weight excluding hydrogens is 214 g/mol. The summed E-state index contributed by atoms with van der Waals surface area (Å²) in [5, 5.41) is 3.43. The van der Waals surface area contributed by atoms with Crippen molar-refractivity contribution in [2.24, 2.45) is 5.41 Å². The van der Waals surface area contributed by atoms with Gasteiger partial charge in [0, 0.05) is 18.7 Å². The van der Waals surface area contributed by atoms with E-state index < -0.39 is 0 Å². The molecule has 0 heterocycles. The zero-order valence-electron chi connectivity index (χ0n) is 11.3. The summed E-state index contributed by atoms with van der Waals surface area (Å²) in [4.78, 5) is 11.3. The molecule has 1 fully saturated rings. The molecule has 98 valence electrons. The minimum absolute atomic E-state index is 0.205. The summed E-state index contributed by atoms with van der Waals surface area (Å²) in [6, 6.07) is 0. The SMILES string of the molecule is CCCC1(CNC/C=C(/CC)C(=O)OC)CC1. The monoisotopic (exact) mass is 239 g/mol. The third-order valence-corrected chi connectivity index (χ3v) is 3.56. The molecule has 0 spiro atoms. The second-order valence-electron chi connectivity index (χ2n) is 4.96. The Kier molecular flexibility index (Phi) is 5.69. The van der Waals surface area contributed by atoms with Gasteiger partial charge in [-0.3, -0.25) is 0 Å². The van der Waals surface area contributed by atoms with E-state index in [1.54, 1.807) is 0 Å². The molecule has 0 saturated heterocycles. The van der Waals surface area contributed by atoms with E-state index in [0.29, 0.717) is 5.41 Å². The summed E-state index contributed by atoms with van der Waals surface area (Å²) in [5.74, 6) is -0.205. The van der Waals surface area contributed by atoms with Gasteiger partial charge in [0.25, 0.3) is 0 Å². The third kappa shape index (κ3) is 4.50. The van der Waals surface area contributed by atoms with Crippen LogP contribution in [0.4, 0.5) is 0 Å². The van der Waals surface area contributed by atoms with Gasteiger partial charge >= 0.3 is 5.97 Å². The molecule has 0 aromatic carbocycles. The lowest BCUT2D eigenvalue weighted by Gasteiger charge is -2.14. The second kappa shape index (κ2) is 6.80. The third-order valence-electron chi connectivity index (χ3n) is 3.56. The molecule has 0 atom stereocenters. The highest BCUT2D eigenvalue weighted by molar-refractivity contribution is 5.88. The Labute approximate surface area is 105 Å². The zero-order valence-corrected chi connectivity index (χ0v) is 11.3. The van der Waals surface area contributed by atoms with E-state index in [1.807, 2.05) is 13.0 Å². The van der Waals surface area contributed by atoms with E-state index >= 15 is 0 Å². The molecule has 17 heavy (non-hydrogen) atoms. The van der Waals surface area contributed by atoms with Crippen LogP contribution < -0.4 is 5.32 Å².